The summed E-state index contributed by atoms with van der Waals surface area (Å²) in [7, 11) is 0. The van der Waals surface area contributed by atoms with Gasteiger partial charge in [-0.25, -0.2) is 4.79 Å². The molecular weight excluding hydrogens is 470 g/mol. The molecular formula is C29H35N3O3S. The zero-order valence-electron chi connectivity index (χ0n) is 21.5. The molecule has 36 heavy (non-hydrogen) atoms. The Kier molecular flexibility index (Phi) is 8.31. The summed E-state index contributed by atoms with van der Waals surface area (Å²) >= 11 is 1.73. The Hall–Kier alpha value is -3.32. The summed E-state index contributed by atoms with van der Waals surface area (Å²) in [6, 6.07) is 17.4. The molecule has 0 unspecified atom stereocenters. The quantitative estimate of drug-likeness (QED) is 0.394. The van der Waals surface area contributed by atoms with Crippen molar-refractivity contribution in [3.05, 3.63) is 81.5 Å². The molecule has 3 aromatic rings. The Balaban J connectivity index is 1.44. The minimum atomic E-state index is -0.277. The average molecular weight is 506 g/mol. The van der Waals surface area contributed by atoms with Crippen LogP contribution in [0.5, 0.6) is 5.75 Å². The Morgan fingerprint density at radius 3 is 2.50 bits per heavy atom. The molecule has 1 aliphatic heterocycles. The van der Waals surface area contributed by atoms with E-state index in [1.807, 2.05) is 55.1 Å². The second-order valence-corrected chi connectivity index (χ2v) is 10.5. The molecule has 6 nitrogen and oxygen atoms in total. The number of thiophene rings is 1. The third kappa shape index (κ3) is 6.08. The third-order valence-corrected chi connectivity index (χ3v) is 7.66. The molecule has 3 amide bonds. The molecule has 0 spiro atoms. The van der Waals surface area contributed by atoms with Crippen molar-refractivity contribution in [2.24, 2.45) is 0 Å². The van der Waals surface area contributed by atoms with Crippen LogP contribution in [0.1, 0.15) is 54.3 Å². The van der Waals surface area contributed by atoms with Gasteiger partial charge in [-0.2, -0.15) is 0 Å². The lowest BCUT2D eigenvalue weighted by Gasteiger charge is -2.37. The smallest absolute Gasteiger partial charge is 0.322 e. The van der Waals surface area contributed by atoms with Gasteiger partial charge in [0.05, 0.1) is 6.04 Å². The highest BCUT2D eigenvalue weighted by Crippen LogP contribution is 2.34. The van der Waals surface area contributed by atoms with E-state index in [4.69, 9.17) is 4.74 Å². The van der Waals surface area contributed by atoms with Crippen LogP contribution >= 0.6 is 11.3 Å². The zero-order chi connectivity index (χ0) is 25.7. The fourth-order valence-electron chi connectivity index (χ4n) is 4.42. The van der Waals surface area contributed by atoms with Crippen LogP contribution in [0.2, 0.25) is 0 Å². The van der Waals surface area contributed by atoms with Crippen LogP contribution in [0, 0.1) is 6.92 Å². The van der Waals surface area contributed by atoms with Crippen molar-refractivity contribution >= 4 is 29.0 Å². The van der Waals surface area contributed by atoms with Crippen LogP contribution in [0.15, 0.2) is 60.0 Å². The van der Waals surface area contributed by atoms with Gasteiger partial charge in [0.2, 0.25) is 5.91 Å². The summed E-state index contributed by atoms with van der Waals surface area (Å²) < 4.78 is 6.17. The first kappa shape index (κ1) is 25.8. The lowest BCUT2D eigenvalue weighted by atomic mass is 10.00. The van der Waals surface area contributed by atoms with Crippen molar-refractivity contribution in [3.8, 4) is 5.75 Å². The normalized spacial score (nSPS) is 14.9. The molecule has 1 N–H and O–H groups in total. The van der Waals surface area contributed by atoms with Crippen LogP contribution < -0.4 is 10.1 Å². The number of rotatable bonds is 8. The van der Waals surface area contributed by atoms with Crippen molar-refractivity contribution in [2.45, 2.75) is 46.1 Å². The van der Waals surface area contributed by atoms with E-state index in [1.165, 1.54) is 10.4 Å². The SMILES string of the molecule is CCN(CC(=O)N1CCc2sccc2[C@@H]1COc1ccc(C(C)C)cc1)C(=O)Nc1ccc(C)cc1. The van der Waals surface area contributed by atoms with Gasteiger partial charge in [0.15, 0.2) is 0 Å². The molecule has 7 heteroatoms. The maximum absolute atomic E-state index is 13.5. The summed E-state index contributed by atoms with van der Waals surface area (Å²) in [6.07, 6.45) is 0.819. The van der Waals surface area contributed by atoms with Gasteiger partial charge in [-0.1, -0.05) is 43.7 Å². The second kappa shape index (κ2) is 11.6. The molecule has 0 saturated heterocycles. The first-order valence-electron chi connectivity index (χ1n) is 12.6. The Bertz CT molecular complexity index is 1170. The van der Waals surface area contributed by atoms with E-state index in [0.29, 0.717) is 31.3 Å². The summed E-state index contributed by atoms with van der Waals surface area (Å²) in [4.78, 5) is 31.1. The number of fused-ring (bicyclic) bond motifs is 1. The van der Waals surface area contributed by atoms with Gasteiger partial charge >= 0.3 is 6.03 Å². The Morgan fingerprint density at radius 2 is 1.83 bits per heavy atom. The van der Waals surface area contributed by atoms with Gasteiger partial charge in [-0.3, -0.25) is 4.79 Å². The van der Waals surface area contributed by atoms with Crippen molar-refractivity contribution in [3.63, 3.8) is 0 Å². The summed E-state index contributed by atoms with van der Waals surface area (Å²) in [5.41, 5.74) is 4.25. The zero-order valence-corrected chi connectivity index (χ0v) is 22.3. The molecule has 1 aromatic heterocycles. The van der Waals surface area contributed by atoms with Crippen LogP contribution in [-0.4, -0.2) is 48.0 Å². The van der Waals surface area contributed by atoms with Gasteiger partial charge in [-0.15, -0.1) is 11.3 Å². The monoisotopic (exact) mass is 505 g/mol. The van der Waals surface area contributed by atoms with Crippen LogP contribution in [-0.2, 0) is 11.2 Å². The van der Waals surface area contributed by atoms with Crippen molar-refractivity contribution < 1.29 is 14.3 Å². The number of urea groups is 1. The van der Waals surface area contributed by atoms with Crippen molar-refractivity contribution in [1.29, 1.82) is 0 Å². The fourth-order valence-corrected chi connectivity index (χ4v) is 5.35. The molecule has 0 aliphatic carbocycles. The molecule has 2 heterocycles. The van der Waals surface area contributed by atoms with Gasteiger partial charge in [0.25, 0.3) is 0 Å². The van der Waals surface area contributed by atoms with Crippen molar-refractivity contribution in [1.82, 2.24) is 9.80 Å². The molecule has 2 aromatic carbocycles. The van der Waals surface area contributed by atoms with Gasteiger partial charge in [-0.05, 0) is 73.0 Å². The van der Waals surface area contributed by atoms with E-state index >= 15 is 0 Å². The molecule has 4 rings (SSSR count). The highest BCUT2D eigenvalue weighted by atomic mass is 32.1. The number of aryl methyl sites for hydroxylation is 1. The summed E-state index contributed by atoms with van der Waals surface area (Å²) in [5.74, 6) is 1.18. The van der Waals surface area contributed by atoms with E-state index in [1.54, 1.807) is 16.2 Å². The predicted octanol–water partition coefficient (Wildman–Crippen LogP) is 6.24. The highest BCUT2D eigenvalue weighted by molar-refractivity contribution is 7.10. The number of amides is 3. The number of hydrogen-bond donors (Lipinski definition) is 1. The van der Waals surface area contributed by atoms with E-state index < -0.39 is 0 Å². The number of carbonyl (C=O) groups excluding carboxylic acids is 2. The van der Waals surface area contributed by atoms with Gasteiger partial charge < -0.3 is 19.9 Å². The van der Waals surface area contributed by atoms with Crippen LogP contribution in [0.4, 0.5) is 10.5 Å². The van der Waals surface area contributed by atoms with Crippen molar-refractivity contribution in [2.75, 3.05) is 31.6 Å². The first-order valence-corrected chi connectivity index (χ1v) is 13.4. The Labute approximate surface area is 217 Å². The topological polar surface area (TPSA) is 61.9 Å². The minimum absolute atomic E-state index is 0.0211. The first-order chi connectivity index (χ1) is 17.4. The molecule has 1 aliphatic rings. The van der Waals surface area contributed by atoms with Crippen LogP contribution in [0.3, 0.4) is 0 Å². The summed E-state index contributed by atoms with van der Waals surface area (Å²) in [6.45, 7) is 9.66. The minimum Gasteiger partial charge on any atom is -0.491 e. The number of nitrogens with zero attached hydrogens (tertiary/aromatic N) is 2. The largest absolute Gasteiger partial charge is 0.491 e. The average Bonchev–Trinajstić information content (AvgIpc) is 3.36. The molecule has 0 fully saturated rings. The Morgan fingerprint density at radius 1 is 1.11 bits per heavy atom. The molecule has 0 saturated carbocycles. The predicted molar refractivity (Wildman–Crippen MR) is 146 cm³/mol. The van der Waals surface area contributed by atoms with Gasteiger partial charge in [0.1, 0.15) is 18.9 Å². The standard InChI is InChI=1S/C29H35N3O3S/c1-5-31(29(34)30-23-10-6-21(4)7-11-23)18-28(33)32-16-14-27-25(15-17-36-27)26(32)19-35-24-12-8-22(9-13-24)20(2)3/h6-13,15,17,20,26H,5,14,16,18-19H2,1-4H3,(H,30,34)/t26-/m0/s1. The number of likely N-dealkylation sites (N-methyl/N-ethyl adjacent to an activating group) is 1. The van der Waals surface area contributed by atoms with E-state index in [9.17, 15) is 9.59 Å². The lowest BCUT2D eigenvalue weighted by molar-refractivity contribution is -0.135. The molecule has 190 valence electrons. The van der Waals surface area contributed by atoms with Crippen LogP contribution in [0.25, 0.3) is 0 Å². The lowest BCUT2D eigenvalue weighted by Crippen LogP contribution is -2.48. The molecule has 1 atom stereocenters. The van der Waals surface area contributed by atoms with E-state index in [0.717, 1.165) is 23.3 Å². The highest BCUT2D eigenvalue weighted by Gasteiger charge is 2.33. The number of anilines is 1. The van der Waals surface area contributed by atoms with E-state index in [2.05, 4.69) is 42.7 Å². The number of ether oxygens (including phenoxy) is 1. The number of benzene rings is 2. The number of hydrogen-bond acceptors (Lipinski definition) is 4. The number of nitrogens with one attached hydrogen (secondary N) is 1. The maximum atomic E-state index is 13.5. The van der Waals surface area contributed by atoms with E-state index in [-0.39, 0.29) is 24.5 Å². The maximum Gasteiger partial charge on any atom is 0.322 e. The second-order valence-electron chi connectivity index (χ2n) is 9.50. The third-order valence-electron chi connectivity index (χ3n) is 6.67. The fraction of sp³-hybridized carbons (Fsp3) is 0.379. The summed E-state index contributed by atoms with van der Waals surface area (Å²) in [5, 5.41) is 4.98. The van der Waals surface area contributed by atoms with Gasteiger partial charge in [0, 0.05) is 23.7 Å². The molecule has 0 radical (unpaired) electrons. The molecule has 0 bridgehead atoms. The number of carbonyl (C=O) groups is 2.